The smallest absolute Gasteiger partial charge is 0.0598 e. The van der Waals surface area contributed by atoms with Gasteiger partial charge in [-0.25, -0.2) is 0 Å². The molecule has 1 rings (SSSR count). The van der Waals surface area contributed by atoms with Crippen molar-refractivity contribution in [3.8, 4) is 0 Å². The van der Waals surface area contributed by atoms with Crippen molar-refractivity contribution in [2.24, 2.45) is 17.3 Å². The van der Waals surface area contributed by atoms with Crippen LogP contribution in [0.4, 0.5) is 0 Å². The third-order valence-electron chi connectivity index (χ3n) is 3.85. The van der Waals surface area contributed by atoms with Gasteiger partial charge in [0.25, 0.3) is 0 Å². The molecule has 0 spiro atoms. The first kappa shape index (κ1) is 16.0. The van der Waals surface area contributed by atoms with E-state index >= 15 is 0 Å². The Morgan fingerprint density at radius 2 is 1.78 bits per heavy atom. The summed E-state index contributed by atoms with van der Waals surface area (Å²) in [5.41, 5.74) is 0.427. The van der Waals surface area contributed by atoms with Crippen LogP contribution >= 0.6 is 0 Å². The van der Waals surface area contributed by atoms with E-state index in [1.54, 1.807) is 0 Å². The molecule has 1 fully saturated rings. The summed E-state index contributed by atoms with van der Waals surface area (Å²) in [5.74, 6) is 1.65. The van der Waals surface area contributed by atoms with Gasteiger partial charge in [0.1, 0.15) is 0 Å². The summed E-state index contributed by atoms with van der Waals surface area (Å²) in [5, 5.41) is 3.64. The van der Waals surface area contributed by atoms with Crippen molar-refractivity contribution < 1.29 is 4.74 Å². The molecule has 0 aromatic carbocycles. The van der Waals surface area contributed by atoms with Gasteiger partial charge in [0.05, 0.1) is 5.60 Å². The summed E-state index contributed by atoms with van der Waals surface area (Å²) in [6.07, 6.45) is 4.00. The van der Waals surface area contributed by atoms with Crippen molar-refractivity contribution in [3.63, 3.8) is 0 Å². The SMILES string of the molecule is CC(C)CNCC(C)(CCOC(C)(C)C)C1CC1. The third-order valence-corrected chi connectivity index (χ3v) is 3.85. The second kappa shape index (κ2) is 6.38. The summed E-state index contributed by atoms with van der Waals surface area (Å²) in [7, 11) is 0. The fourth-order valence-corrected chi connectivity index (χ4v) is 2.45. The molecule has 1 aliphatic carbocycles. The Bertz CT molecular complexity index is 240. The lowest BCUT2D eigenvalue weighted by Gasteiger charge is -2.32. The van der Waals surface area contributed by atoms with Crippen LogP contribution in [-0.2, 0) is 4.74 Å². The second-order valence-corrected chi connectivity index (χ2v) is 7.66. The normalized spacial score (nSPS) is 20.2. The maximum absolute atomic E-state index is 5.90. The van der Waals surface area contributed by atoms with E-state index in [2.05, 4.69) is 46.9 Å². The van der Waals surface area contributed by atoms with Crippen molar-refractivity contribution in [3.05, 3.63) is 0 Å². The average molecular weight is 255 g/mol. The molecule has 2 nitrogen and oxygen atoms in total. The molecule has 0 amide bonds. The zero-order valence-corrected chi connectivity index (χ0v) is 13.3. The zero-order valence-electron chi connectivity index (χ0n) is 13.3. The van der Waals surface area contributed by atoms with Gasteiger partial charge in [-0.2, -0.15) is 0 Å². The van der Waals surface area contributed by atoms with Crippen molar-refractivity contribution in [1.29, 1.82) is 0 Å². The van der Waals surface area contributed by atoms with Crippen LogP contribution in [0.25, 0.3) is 0 Å². The molecule has 0 aromatic heterocycles. The fourth-order valence-electron chi connectivity index (χ4n) is 2.45. The topological polar surface area (TPSA) is 21.3 Å². The van der Waals surface area contributed by atoms with Crippen molar-refractivity contribution >= 4 is 0 Å². The summed E-state index contributed by atoms with van der Waals surface area (Å²) in [6, 6.07) is 0. The minimum Gasteiger partial charge on any atom is -0.376 e. The molecule has 0 aliphatic heterocycles. The quantitative estimate of drug-likeness (QED) is 0.711. The highest BCUT2D eigenvalue weighted by molar-refractivity contribution is 4.92. The molecule has 108 valence electrons. The van der Waals surface area contributed by atoms with Gasteiger partial charge in [0.15, 0.2) is 0 Å². The van der Waals surface area contributed by atoms with Gasteiger partial charge < -0.3 is 10.1 Å². The van der Waals surface area contributed by atoms with Crippen LogP contribution in [0.2, 0.25) is 0 Å². The molecule has 1 saturated carbocycles. The molecule has 1 unspecified atom stereocenters. The Kier molecular flexibility index (Phi) is 5.67. The van der Waals surface area contributed by atoms with Gasteiger partial charge in [-0.15, -0.1) is 0 Å². The number of nitrogens with one attached hydrogen (secondary N) is 1. The van der Waals surface area contributed by atoms with Crippen LogP contribution < -0.4 is 5.32 Å². The first-order valence-corrected chi connectivity index (χ1v) is 7.58. The van der Waals surface area contributed by atoms with E-state index in [-0.39, 0.29) is 5.60 Å². The van der Waals surface area contributed by atoms with Crippen molar-refractivity contribution in [2.75, 3.05) is 19.7 Å². The van der Waals surface area contributed by atoms with Crippen molar-refractivity contribution in [2.45, 2.75) is 66.4 Å². The van der Waals surface area contributed by atoms with E-state index in [0.717, 1.165) is 31.5 Å². The van der Waals surface area contributed by atoms with Crippen LogP contribution in [0, 0.1) is 17.3 Å². The highest BCUT2D eigenvalue weighted by atomic mass is 16.5. The van der Waals surface area contributed by atoms with Gasteiger partial charge in [-0.1, -0.05) is 20.8 Å². The number of hydrogen-bond acceptors (Lipinski definition) is 2. The monoisotopic (exact) mass is 255 g/mol. The second-order valence-electron chi connectivity index (χ2n) is 7.66. The van der Waals surface area contributed by atoms with Crippen LogP contribution in [0.3, 0.4) is 0 Å². The molecular weight excluding hydrogens is 222 g/mol. The Morgan fingerprint density at radius 3 is 2.22 bits per heavy atom. The lowest BCUT2D eigenvalue weighted by atomic mass is 9.81. The summed E-state index contributed by atoms with van der Waals surface area (Å²) >= 11 is 0. The summed E-state index contributed by atoms with van der Waals surface area (Å²) in [4.78, 5) is 0. The highest BCUT2D eigenvalue weighted by Crippen LogP contribution is 2.47. The molecule has 1 N–H and O–H groups in total. The molecule has 0 radical (unpaired) electrons. The van der Waals surface area contributed by atoms with Gasteiger partial charge >= 0.3 is 0 Å². The molecular formula is C16H33NO. The Morgan fingerprint density at radius 1 is 1.17 bits per heavy atom. The maximum atomic E-state index is 5.90. The minimum absolute atomic E-state index is 0.00414. The first-order valence-electron chi connectivity index (χ1n) is 7.58. The van der Waals surface area contributed by atoms with Gasteiger partial charge in [-0.3, -0.25) is 0 Å². The van der Waals surface area contributed by atoms with E-state index in [9.17, 15) is 0 Å². The van der Waals surface area contributed by atoms with E-state index in [1.165, 1.54) is 19.3 Å². The average Bonchev–Trinajstić information content (AvgIpc) is 2.97. The van der Waals surface area contributed by atoms with Crippen LogP contribution in [0.15, 0.2) is 0 Å². The Balaban J connectivity index is 2.33. The first-order chi connectivity index (χ1) is 8.23. The fraction of sp³-hybridized carbons (Fsp3) is 1.00. The van der Waals surface area contributed by atoms with E-state index in [4.69, 9.17) is 4.74 Å². The van der Waals surface area contributed by atoms with Crippen molar-refractivity contribution in [1.82, 2.24) is 5.32 Å². The van der Waals surface area contributed by atoms with Gasteiger partial charge in [0, 0.05) is 13.2 Å². The molecule has 0 aromatic rings. The number of rotatable bonds is 8. The molecule has 1 aliphatic rings. The number of ether oxygens (including phenoxy) is 1. The molecule has 1 atom stereocenters. The van der Waals surface area contributed by atoms with Gasteiger partial charge in [-0.05, 0) is 63.8 Å². The largest absolute Gasteiger partial charge is 0.376 e. The molecule has 0 bridgehead atoms. The highest BCUT2D eigenvalue weighted by Gasteiger charge is 2.40. The minimum atomic E-state index is -0.00414. The zero-order chi connectivity index (χ0) is 13.8. The summed E-state index contributed by atoms with van der Waals surface area (Å²) in [6.45, 7) is 16.5. The lowest BCUT2D eigenvalue weighted by Crippen LogP contribution is -2.37. The van der Waals surface area contributed by atoms with Crippen LogP contribution in [-0.4, -0.2) is 25.3 Å². The maximum Gasteiger partial charge on any atom is 0.0598 e. The standard InChI is InChI=1S/C16H33NO/c1-13(2)11-17-12-16(6,14-7-8-14)9-10-18-15(3,4)5/h13-14,17H,7-12H2,1-6H3. The van der Waals surface area contributed by atoms with Crippen LogP contribution in [0.5, 0.6) is 0 Å². The molecule has 0 saturated heterocycles. The predicted octanol–water partition coefficient (Wildman–Crippen LogP) is 3.85. The third kappa shape index (κ3) is 6.19. The van der Waals surface area contributed by atoms with E-state index < -0.39 is 0 Å². The lowest BCUT2D eigenvalue weighted by molar-refractivity contribution is -0.0195. The van der Waals surface area contributed by atoms with E-state index in [0.29, 0.717) is 5.41 Å². The Hall–Kier alpha value is -0.0800. The number of hydrogen-bond donors (Lipinski definition) is 1. The molecule has 2 heteroatoms. The molecule has 0 heterocycles. The van der Waals surface area contributed by atoms with Crippen LogP contribution in [0.1, 0.15) is 60.8 Å². The van der Waals surface area contributed by atoms with Gasteiger partial charge in [0.2, 0.25) is 0 Å². The Labute approximate surface area is 114 Å². The predicted molar refractivity (Wildman–Crippen MR) is 78.9 cm³/mol. The summed E-state index contributed by atoms with van der Waals surface area (Å²) < 4.78 is 5.90. The van der Waals surface area contributed by atoms with E-state index in [1.807, 2.05) is 0 Å². The molecule has 18 heavy (non-hydrogen) atoms.